The second kappa shape index (κ2) is 4.93. The molecule has 0 radical (unpaired) electrons. The van der Waals surface area contributed by atoms with Crippen molar-refractivity contribution in [1.82, 2.24) is 0 Å². The number of aliphatic hydroxyl groups excluding tert-OH is 1. The summed E-state index contributed by atoms with van der Waals surface area (Å²) in [6, 6.07) is 0. The first-order chi connectivity index (χ1) is 10.1. The van der Waals surface area contributed by atoms with Crippen LogP contribution in [0.4, 0.5) is 0 Å². The van der Waals surface area contributed by atoms with Gasteiger partial charge in [0, 0.05) is 11.8 Å². The normalized spacial score (nSPS) is 47.5. The van der Waals surface area contributed by atoms with E-state index in [1.807, 2.05) is 0 Å². The fourth-order valence-corrected chi connectivity index (χ4v) is 5.85. The fourth-order valence-electron chi connectivity index (χ4n) is 5.85. The Bertz CT molecular complexity index is 518. The van der Waals surface area contributed by atoms with Crippen LogP contribution in [0.5, 0.6) is 0 Å². The van der Waals surface area contributed by atoms with Crippen molar-refractivity contribution in [3.8, 4) is 0 Å². The average molecular weight is 304 g/mol. The van der Waals surface area contributed by atoms with Crippen LogP contribution in [0.3, 0.4) is 0 Å². The van der Waals surface area contributed by atoms with E-state index in [9.17, 15) is 9.90 Å². The van der Waals surface area contributed by atoms with Crippen LogP contribution in [-0.4, -0.2) is 17.0 Å². The number of allylic oxidation sites excluding steroid dienone is 2. The molecule has 0 heterocycles. The van der Waals surface area contributed by atoms with Gasteiger partial charge in [-0.2, -0.15) is 0 Å². The minimum Gasteiger partial charge on any atom is -0.393 e. The molecule has 0 aromatic carbocycles. The molecule has 0 aliphatic heterocycles. The molecule has 3 rings (SSSR count). The van der Waals surface area contributed by atoms with E-state index in [4.69, 9.17) is 0 Å². The Morgan fingerprint density at radius 1 is 1.23 bits per heavy atom. The number of ketones is 1. The van der Waals surface area contributed by atoms with Gasteiger partial charge in [0.25, 0.3) is 0 Å². The topological polar surface area (TPSA) is 37.3 Å². The summed E-state index contributed by atoms with van der Waals surface area (Å²) in [6.45, 7) is 11.1. The molecule has 3 aliphatic rings. The number of hydrogen-bond acceptors (Lipinski definition) is 2. The zero-order valence-corrected chi connectivity index (χ0v) is 14.9. The van der Waals surface area contributed by atoms with Gasteiger partial charge in [-0.1, -0.05) is 39.3 Å². The summed E-state index contributed by atoms with van der Waals surface area (Å²) in [5.41, 5.74) is 1.44. The lowest BCUT2D eigenvalue weighted by molar-refractivity contribution is -0.141. The zero-order valence-electron chi connectivity index (χ0n) is 14.9. The van der Waals surface area contributed by atoms with E-state index < -0.39 is 0 Å². The quantitative estimate of drug-likeness (QED) is 0.723. The third kappa shape index (κ3) is 2.06. The summed E-state index contributed by atoms with van der Waals surface area (Å²) in [5.74, 6) is 1.35. The van der Waals surface area contributed by atoms with Gasteiger partial charge in [-0.3, -0.25) is 4.79 Å². The van der Waals surface area contributed by atoms with Gasteiger partial charge in [0.2, 0.25) is 0 Å². The summed E-state index contributed by atoms with van der Waals surface area (Å²) < 4.78 is 0. The molecule has 0 spiro atoms. The van der Waals surface area contributed by atoms with E-state index in [-0.39, 0.29) is 22.3 Å². The highest BCUT2D eigenvalue weighted by Crippen LogP contribution is 2.63. The van der Waals surface area contributed by atoms with Crippen molar-refractivity contribution in [2.75, 3.05) is 0 Å². The summed E-state index contributed by atoms with van der Waals surface area (Å²) in [5, 5.41) is 10.5. The molecular weight excluding hydrogens is 272 g/mol. The van der Waals surface area contributed by atoms with Crippen molar-refractivity contribution in [3.05, 3.63) is 11.6 Å². The smallest absolute Gasteiger partial charge is 0.143 e. The van der Waals surface area contributed by atoms with E-state index in [0.29, 0.717) is 17.6 Å². The standard InChI is InChI=1S/C20H32O2/c1-6-19(4)12-13-7-8-15-18(2,3)16(21)9-10-20(15,5)14(13)11-17(19)22/h12,14-16,21H,6-11H2,1-5H3/t14-,15-,16-,19-,20+/m1/s1. The highest BCUT2D eigenvalue weighted by molar-refractivity contribution is 5.88. The number of fused-ring (bicyclic) bond motifs is 3. The Labute approximate surface area is 135 Å². The number of aliphatic hydroxyl groups is 1. The molecule has 0 saturated heterocycles. The van der Waals surface area contributed by atoms with Gasteiger partial charge < -0.3 is 5.11 Å². The molecule has 2 heteroatoms. The zero-order chi connectivity index (χ0) is 16.3. The van der Waals surface area contributed by atoms with E-state index in [1.165, 1.54) is 5.57 Å². The SMILES string of the molecule is CC[C@]1(C)C=C2CC[C@@H]3C(C)(C)[C@H](O)CC[C@@]3(C)[C@@H]2CC1=O. The number of rotatable bonds is 1. The van der Waals surface area contributed by atoms with Crippen LogP contribution in [0.2, 0.25) is 0 Å². The van der Waals surface area contributed by atoms with Crippen molar-refractivity contribution in [2.24, 2.45) is 28.1 Å². The molecule has 124 valence electrons. The van der Waals surface area contributed by atoms with Gasteiger partial charge in [0.05, 0.1) is 6.10 Å². The molecule has 22 heavy (non-hydrogen) atoms. The third-order valence-electron chi connectivity index (χ3n) is 7.74. The van der Waals surface area contributed by atoms with Gasteiger partial charge in [0.1, 0.15) is 5.78 Å². The van der Waals surface area contributed by atoms with Crippen LogP contribution in [0, 0.1) is 28.1 Å². The van der Waals surface area contributed by atoms with E-state index in [0.717, 1.165) is 38.5 Å². The molecule has 0 aromatic rings. The number of carbonyl (C=O) groups is 1. The molecule has 2 saturated carbocycles. The van der Waals surface area contributed by atoms with Gasteiger partial charge in [0.15, 0.2) is 0 Å². The molecule has 0 bridgehead atoms. The largest absolute Gasteiger partial charge is 0.393 e. The number of hydrogen-bond donors (Lipinski definition) is 1. The third-order valence-corrected chi connectivity index (χ3v) is 7.74. The second-order valence-corrected chi connectivity index (χ2v) is 9.14. The van der Waals surface area contributed by atoms with Crippen LogP contribution in [0.15, 0.2) is 11.6 Å². The van der Waals surface area contributed by atoms with Gasteiger partial charge in [-0.15, -0.1) is 0 Å². The van der Waals surface area contributed by atoms with Crippen LogP contribution in [0.1, 0.15) is 73.1 Å². The molecule has 2 fully saturated rings. The number of Topliss-reactive ketones (excluding diaryl/α,β-unsaturated/α-hetero) is 1. The van der Waals surface area contributed by atoms with Crippen molar-refractivity contribution >= 4 is 5.78 Å². The maximum Gasteiger partial charge on any atom is 0.143 e. The van der Waals surface area contributed by atoms with Crippen molar-refractivity contribution < 1.29 is 9.90 Å². The maximum absolute atomic E-state index is 12.8. The Kier molecular flexibility index (Phi) is 3.64. The second-order valence-electron chi connectivity index (χ2n) is 9.14. The monoisotopic (exact) mass is 304 g/mol. The highest BCUT2D eigenvalue weighted by Gasteiger charge is 2.58. The molecule has 2 nitrogen and oxygen atoms in total. The van der Waals surface area contributed by atoms with Crippen LogP contribution in [-0.2, 0) is 4.79 Å². The molecule has 0 amide bonds. The number of carbonyl (C=O) groups excluding carboxylic acids is 1. The summed E-state index contributed by atoms with van der Waals surface area (Å²) in [7, 11) is 0. The lowest BCUT2D eigenvalue weighted by atomic mass is 9.45. The van der Waals surface area contributed by atoms with E-state index in [2.05, 4.69) is 40.7 Å². The fraction of sp³-hybridized carbons (Fsp3) is 0.850. The van der Waals surface area contributed by atoms with E-state index >= 15 is 0 Å². The van der Waals surface area contributed by atoms with Gasteiger partial charge in [-0.25, -0.2) is 0 Å². The Balaban J connectivity index is 2.01. The Hall–Kier alpha value is -0.630. The Morgan fingerprint density at radius 3 is 2.55 bits per heavy atom. The Morgan fingerprint density at radius 2 is 1.91 bits per heavy atom. The lowest BCUT2D eigenvalue weighted by Gasteiger charge is -2.60. The first-order valence-corrected chi connectivity index (χ1v) is 9.08. The maximum atomic E-state index is 12.8. The molecule has 0 unspecified atom stereocenters. The van der Waals surface area contributed by atoms with Crippen LogP contribution >= 0.6 is 0 Å². The van der Waals surface area contributed by atoms with Crippen molar-refractivity contribution in [2.45, 2.75) is 79.2 Å². The van der Waals surface area contributed by atoms with Crippen molar-refractivity contribution in [3.63, 3.8) is 0 Å². The molecule has 5 atom stereocenters. The van der Waals surface area contributed by atoms with Crippen LogP contribution < -0.4 is 0 Å². The predicted octanol–water partition coefficient (Wildman–Crippen LogP) is 4.52. The lowest BCUT2D eigenvalue weighted by Crippen LogP contribution is -2.56. The highest BCUT2D eigenvalue weighted by atomic mass is 16.3. The molecular formula is C20H32O2. The minimum absolute atomic E-state index is 0.0346. The molecule has 1 N–H and O–H groups in total. The summed E-state index contributed by atoms with van der Waals surface area (Å²) >= 11 is 0. The summed E-state index contributed by atoms with van der Waals surface area (Å²) in [4.78, 5) is 12.8. The molecule has 0 aromatic heterocycles. The first-order valence-electron chi connectivity index (χ1n) is 9.08. The van der Waals surface area contributed by atoms with Crippen molar-refractivity contribution in [1.29, 1.82) is 0 Å². The molecule has 3 aliphatic carbocycles. The predicted molar refractivity (Wildman–Crippen MR) is 89.4 cm³/mol. The first kappa shape index (κ1) is 16.2. The van der Waals surface area contributed by atoms with Gasteiger partial charge >= 0.3 is 0 Å². The van der Waals surface area contributed by atoms with E-state index in [1.54, 1.807) is 0 Å². The van der Waals surface area contributed by atoms with Gasteiger partial charge in [-0.05, 0) is 61.7 Å². The van der Waals surface area contributed by atoms with Crippen LogP contribution in [0.25, 0.3) is 0 Å². The summed E-state index contributed by atoms with van der Waals surface area (Å²) in [6.07, 6.45) is 7.96. The average Bonchev–Trinajstić information content (AvgIpc) is 2.46. The minimum atomic E-state index is -0.237.